The van der Waals surface area contributed by atoms with Gasteiger partial charge < -0.3 is 25.4 Å². The number of hydrogen-bond acceptors (Lipinski definition) is 9. The molecule has 5 rings (SSSR count). The van der Waals surface area contributed by atoms with Gasteiger partial charge in [0.1, 0.15) is 11.5 Å². The molecule has 1 amide bonds. The molecule has 2 fully saturated rings. The molecule has 4 heterocycles. The van der Waals surface area contributed by atoms with Gasteiger partial charge in [0.2, 0.25) is 5.95 Å². The number of carbonyl (C=O) groups is 1. The van der Waals surface area contributed by atoms with E-state index in [9.17, 15) is 9.90 Å². The van der Waals surface area contributed by atoms with Crippen molar-refractivity contribution in [2.24, 2.45) is 0 Å². The average molecular weight is 510 g/mol. The van der Waals surface area contributed by atoms with Gasteiger partial charge >= 0.3 is 0 Å². The van der Waals surface area contributed by atoms with E-state index >= 15 is 0 Å². The van der Waals surface area contributed by atoms with Crippen molar-refractivity contribution in [2.45, 2.75) is 45.0 Å². The first-order valence-corrected chi connectivity index (χ1v) is 13.4. The number of fused-ring (bicyclic) bond motifs is 1. The van der Waals surface area contributed by atoms with Gasteiger partial charge in [0.25, 0.3) is 5.91 Å². The maximum atomic E-state index is 13.1. The number of β-amino-alcohol motifs (C(OH)–C–C–N with tert-alkyl or cyclic N) is 1. The summed E-state index contributed by atoms with van der Waals surface area (Å²) in [6.07, 6.45) is 0.316. The minimum absolute atomic E-state index is 0.169. The Kier molecular flexibility index (Phi) is 8.19. The lowest BCUT2D eigenvalue weighted by molar-refractivity contribution is 0.0209. The van der Waals surface area contributed by atoms with Crippen LogP contribution < -0.4 is 15.5 Å². The van der Waals surface area contributed by atoms with E-state index in [4.69, 9.17) is 9.72 Å². The number of amides is 1. The van der Waals surface area contributed by atoms with Crippen LogP contribution in [0.4, 0.5) is 11.8 Å². The summed E-state index contributed by atoms with van der Waals surface area (Å²) in [5, 5.41) is 16.9. The number of hydrogen-bond donors (Lipinski definition) is 3. The summed E-state index contributed by atoms with van der Waals surface area (Å²) >= 11 is 0. The predicted octanol–water partition coefficient (Wildman–Crippen LogP) is 0.967. The normalized spacial score (nSPS) is 19.8. The topological polar surface area (TPSA) is 106 Å². The minimum atomic E-state index is -0.663. The van der Waals surface area contributed by atoms with Crippen LogP contribution in [0, 0.1) is 0 Å². The monoisotopic (exact) mass is 509 g/mol. The highest BCUT2D eigenvalue weighted by molar-refractivity contribution is 5.93. The van der Waals surface area contributed by atoms with Crippen LogP contribution in [0.2, 0.25) is 0 Å². The number of rotatable bonds is 9. The fraction of sp³-hybridized carbons (Fsp3) is 0.593. The largest absolute Gasteiger partial charge is 0.390 e. The molecule has 10 nitrogen and oxygen atoms in total. The lowest BCUT2D eigenvalue weighted by Crippen LogP contribution is -2.49. The third-order valence-electron chi connectivity index (χ3n) is 7.44. The molecular weight excluding hydrogens is 470 g/mol. The molecule has 0 aliphatic carbocycles. The van der Waals surface area contributed by atoms with Crippen LogP contribution in [-0.4, -0.2) is 108 Å². The molecule has 0 radical (unpaired) electrons. The fourth-order valence-electron chi connectivity index (χ4n) is 5.11. The minimum Gasteiger partial charge on any atom is -0.390 e. The van der Waals surface area contributed by atoms with Crippen molar-refractivity contribution in [1.82, 2.24) is 25.1 Å². The Bertz CT molecular complexity index is 1070. The van der Waals surface area contributed by atoms with E-state index in [1.165, 1.54) is 11.1 Å². The second-order valence-electron chi connectivity index (χ2n) is 10.6. The van der Waals surface area contributed by atoms with E-state index in [1.807, 2.05) is 0 Å². The van der Waals surface area contributed by atoms with Crippen LogP contribution in [-0.2, 0) is 17.7 Å². The average Bonchev–Trinajstić information content (AvgIpc) is 2.89. The van der Waals surface area contributed by atoms with Crippen LogP contribution >= 0.6 is 0 Å². The van der Waals surface area contributed by atoms with Crippen molar-refractivity contribution < 1.29 is 14.6 Å². The Morgan fingerprint density at radius 3 is 2.57 bits per heavy atom. The van der Waals surface area contributed by atoms with Gasteiger partial charge in [-0.15, -0.1) is 0 Å². The van der Waals surface area contributed by atoms with Gasteiger partial charge in [-0.1, -0.05) is 24.3 Å². The van der Waals surface area contributed by atoms with Gasteiger partial charge in [0.15, 0.2) is 0 Å². The van der Waals surface area contributed by atoms with Crippen molar-refractivity contribution >= 4 is 17.7 Å². The summed E-state index contributed by atoms with van der Waals surface area (Å²) in [5.41, 5.74) is 2.99. The molecule has 2 aromatic rings. The summed E-state index contributed by atoms with van der Waals surface area (Å²) in [7, 11) is 0. The maximum absolute atomic E-state index is 13.1. The van der Waals surface area contributed by atoms with E-state index in [2.05, 4.69) is 68.4 Å². The number of aliphatic hydroxyl groups excluding tert-OH is 1. The van der Waals surface area contributed by atoms with Gasteiger partial charge in [-0.25, -0.2) is 4.98 Å². The van der Waals surface area contributed by atoms with E-state index in [1.54, 1.807) is 6.07 Å². The van der Waals surface area contributed by atoms with Crippen LogP contribution in [0.5, 0.6) is 0 Å². The van der Waals surface area contributed by atoms with E-state index in [-0.39, 0.29) is 18.5 Å². The standard InChI is InChI=1S/C27H39N7O3/c1-19(2)33-9-11-34(12-10-33)27-30-24(13-25(31-27)29-22-17-37-18-22)26(36)28-14-23(35)16-32-8-7-20-5-3-4-6-21(20)15-32/h3-6,13,19,22-23,35H,7-12,14-18H2,1-2H3,(H,28,36)(H,29,30,31)/t23-/m0/s1. The van der Waals surface area contributed by atoms with Crippen LogP contribution in [0.3, 0.4) is 0 Å². The van der Waals surface area contributed by atoms with Crippen LogP contribution in [0.25, 0.3) is 0 Å². The molecule has 10 heteroatoms. The third-order valence-corrected chi connectivity index (χ3v) is 7.44. The van der Waals surface area contributed by atoms with Crippen molar-refractivity contribution in [1.29, 1.82) is 0 Å². The number of anilines is 2. The highest BCUT2D eigenvalue weighted by Gasteiger charge is 2.25. The molecule has 0 spiro atoms. The van der Waals surface area contributed by atoms with Crippen LogP contribution in [0.15, 0.2) is 30.3 Å². The molecule has 3 N–H and O–H groups in total. The quantitative estimate of drug-likeness (QED) is 0.456. The maximum Gasteiger partial charge on any atom is 0.270 e. The molecule has 3 aliphatic heterocycles. The van der Waals surface area contributed by atoms with Gasteiger partial charge in [0, 0.05) is 64.5 Å². The molecule has 1 aromatic heterocycles. The Morgan fingerprint density at radius 2 is 1.86 bits per heavy atom. The van der Waals surface area contributed by atoms with Crippen molar-refractivity contribution in [2.75, 3.05) is 69.2 Å². The van der Waals surface area contributed by atoms with Gasteiger partial charge in [0.05, 0.1) is 25.4 Å². The number of ether oxygens (including phenoxy) is 1. The molecule has 0 saturated carbocycles. The highest BCUT2D eigenvalue weighted by atomic mass is 16.5. The van der Waals surface area contributed by atoms with E-state index in [0.717, 1.165) is 45.7 Å². The van der Waals surface area contributed by atoms with Crippen molar-refractivity contribution in [3.8, 4) is 0 Å². The predicted molar refractivity (Wildman–Crippen MR) is 143 cm³/mol. The first kappa shape index (κ1) is 25.8. The third kappa shape index (κ3) is 6.56. The van der Waals surface area contributed by atoms with Gasteiger partial charge in [-0.2, -0.15) is 4.98 Å². The number of nitrogens with zero attached hydrogens (tertiary/aromatic N) is 5. The number of nitrogens with one attached hydrogen (secondary N) is 2. The molecule has 3 aliphatic rings. The first-order chi connectivity index (χ1) is 17.9. The van der Waals surface area contributed by atoms with Crippen LogP contribution in [0.1, 0.15) is 35.5 Å². The van der Waals surface area contributed by atoms with Gasteiger partial charge in [-0.3, -0.25) is 14.6 Å². The molecule has 2 saturated heterocycles. The summed E-state index contributed by atoms with van der Waals surface area (Å²) in [6.45, 7) is 11.6. The summed E-state index contributed by atoms with van der Waals surface area (Å²) in [4.78, 5) is 29.2. The highest BCUT2D eigenvalue weighted by Crippen LogP contribution is 2.20. The van der Waals surface area contributed by atoms with E-state index < -0.39 is 6.10 Å². The Labute approximate surface area is 219 Å². The smallest absolute Gasteiger partial charge is 0.270 e. The molecule has 0 bridgehead atoms. The van der Waals surface area contributed by atoms with Gasteiger partial charge in [-0.05, 0) is 31.4 Å². The zero-order chi connectivity index (χ0) is 25.8. The number of aliphatic hydroxyl groups is 1. The molecule has 200 valence electrons. The molecule has 1 aromatic carbocycles. The summed E-state index contributed by atoms with van der Waals surface area (Å²) < 4.78 is 5.28. The Morgan fingerprint density at radius 1 is 1.11 bits per heavy atom. The molecular formula is C27H39N7O3. The molecule has 0 unspecified atom stereocenters. The molecule has 37 heavy (non-hydrogen) atoms. The second-order valence-corrected chi connectivity index (χ2v) is 10.6. The zero-order valence-electron chi connectivity index (χ0n) is 21.9. The van der Waals surface area contributed by atoms with E-state index in [0.29, 0.717) is 43.3 Å². The lowest BCUT2D eigenvalue weighted by atomic mass is 10.00. The first-order valence-electron chi connectivity index (χ1n) is 13.4. The lowest BCUT2D eigenvalue weighted by Gasteiger charge is -2.37. The Balaban J connectivity index is 1.20. The number of carbonyl (C=O) groups excluding carboxylic acids is 1. The fourth-order valence-corrected chi connectivity index (χ4v) is 5.11. The van der Waals surface area contributed by atoms with Crippen molar-refractivity contribution in [3.63, 3.8) is 0 Å². The Hall–Kier alpha value is -2.79. The summed E-state index contributed by atoms with van der Waals surface area (Å²) in [5.74, 6) is 0.883. The molecule has 1 atom stereocenters. The SMILES string of the molecule is CC(C)N1CCN(c2nc(NC3COC3)cc(C(=O)NC[C@H](O)CN3CCc4ccccc4C3)n2)CC1. The number of piperazine rings is 1. The number of aromatic nitrogens is 2. The zero-order valence-corrected chi connectivity index (χ0v) is 21.9. The van der Waals surface area contributed by atoms with Crippen molar-refractivity contribution in [3.05, 3.63) is 47.2 Å². The number of benzene rings is 1. The second kappa shape index (κ2) is 11.7. The summed E-state index contributed by atoms with van der Waals surface area (Å²) in [6, 6.07) is 10.8.